The SMILES string of the molecule is Cn1nc(C(=O)Nc2nc(-c3cccc(C(F)(F)F)c3)cs2)ccc1=O. The van der Waals surface area contributed by atoms with Crippen LogP contribution in [0.4, 0.5) is 18.3 Å². The summed E-state index contributed by atoms with van der Waals surface area (Å²) in [5.74, 6) is -0.578. The molecule has 1 aromatic carbocycles. The van der Waals surface area contributed by atoms with Gasteiger partial charge in [0.15, 0.2) is 5.13 Å². The zero-order valence-corrected chi connectivity index (χ0v) is 14.1. The normalized spacial score (nSPS) is 11.4. The number of aryl methyl sites for hydroxylation is 1. The topological polar surface area (TPSA) is 76.9 Å². The molecule has 26 heavy (non-hydrogen) atoms. The minimum absolute atomic E-state index is 0.0166. The summed E-state index contributed by atoms with van der Waals surface area (Å²) in [6.07, 6.45) is -4.45. The highest BCUT2D eigenvalue weighted by Gasteiger charge is 2.30. The third kappa shape index (κ3) is 3.80. The Morgan fingerprint density at radius 2 is 2.00 bits per heavy atom. The quantitative estimate of drug-likeness (QED) is 0.757. The summed E-state index contributed by atoms with van der Waals surface area (Å²) in [6, 6.07) is 7.25. The van der Waals surface area contributed by atoms with Crippen LogP contribution >= 0.6 is 11.3 Å². The number of halogens is 3. The number of benzene rings is 1. The molecule has 2 aromatic heterocycles. The van der Waals surface area contributed by atoms with E-state index in [0.29, 0.717) is 5.69 Å². The molecule has 0 aliphatic carbocycles. The number of carbonyl (C=O) groups is 1. The first kappa shape index (κ1) is 17.8. The molecule has 0 unspecified atom stereocenters. The van der Waals surface area contributed by atoms with Crippen molar-refractivity contribution in [2.75, 3.05) is 5.32 Å². The van der Waals surface area contributed by atoms with Crippen molar-refractivity contribution in [3.05, 3.63) is 63.4 Å². The average Bonchev–Trinajstić information content (AvgIpc) is 3.05. The monoisotopic (exact) mass is 380 g/mol. The van der Waals surface area contributed by atoms with E-state index in [9.17, 15) is 22.8 Å². The third-order valence-electron chi connectivity index (χ3n) is 3.40. The molecule has 134 valence electrons. The van der Waals surface area contributed by atoms with Gasteiger partial charge in [0.2, 0.25) is 0 Å². The summed E-state index contributed by atoms with van der Waals surface area (Å²) in [6.45, 7) is 0. The van der Waals surface area contributed by atoms with Gasteiger partial charge in [-0.15, -0.1) is 11.3 Å². The number of rotatable bonds is 3. The van der Waals surface area contributed by atoms with Crippen LogP contribution in [0.2, 0.25) is 0 Å². The first-order valence-electron chi connectivity index (χ1n) is 7.23. The molecule has 2 heterocycles. The van der Waals surface area contributed by atoms with Crippen molar-refractivity contribution in [3.63, 3.8) is 0 Å². The van der Waals surface area contributed by atoms with E-state index >= 15 is 0 Å². The Bertz CT molecular complexity index is 1030. The summed E-state index contributed by atoms with van der Waals surface area (Å²) in [7, 11) is 1.41. The highest BCUT2D eigenvalue weighted by atomic mass is 32.1. The Hall–Kier alpha value is -3.01. The fraction of sp³-hybridized carbons (Fsp3) is 0.125. The Balaban J connectivity index is 1.81. The second-order valence-corrected chi connectivity index (χ2v) is 6.11. The predicted octanol–water partition coefficient (Wildman–Crippen LogP) is 3.17. The van der Waals surface area contributed by atoms with Crippen LogP contribution < -0.4 is 10.9 Å². The van der Waals surface area contributed by atoms with Crippen molar-refractivity contribution < 1.29 is 18.0 Å². The molecule has 0 saturated heterocycles. The van der Waals surface area contributed by atoms with Gasteiger partial charge in [0.25, 0.3) is 11.5 Å². The largest absolute Gasteiger partial charge is 0.416 e. The highest BCUT2D eigenvalue weighted by Crippen LogP contribution is 2.33. The third-order valence-corrected chi connectivity index (χ3v) is 4.16. The van der Waals surface area contributed by atoms with E-state index in [4.69, 9.17) is 0 Å². The number of hydrogen-bond acceptors (Lipinski definition) is 5. The summed E-state index contributed by atoms with van der Waals surface area (Å²) >= 11 is 1.07. The molecular weight excluding hydrogens is 369 g/mol. The van der Waals surface area contributed by atoms with Crippen molar-refractivity contribution in [1.82, 2.24) is 14.8 Å². The van der Waals surface area contributed by atoms with Crippen molar-refractivity contribution >= 4 is 22.4 Å². The van der Waals surface area contributed by atoms with Crippen molar-refractivity contribution in [1.29, 1.82) is 0 Å². The molecule has 1 amide bonds. The van der Waals surface area contributed by atoms with Crippen LogP contribution in [0.1, 0.15) is 16.1 Å². The first-order chi connectivity index (χ1) is 12.2. The van der Waals surface area contributed by atoms with Crippen LogP contribution in [0.5, 0.6) is 0 Å². The molecular formula is C16H11F3N4O2S. The zero-order valence-electron chi connectivity index (χ0n) is 13.2. The van der Waals surface area contributed by atoms with Crippen LogP contribution in [0.3, 0.4) is 0 Å². The number of anilines is 1. The maximum Gasteiger partial charge on any atom is 0.416 e. The average molecular weight is 380 g/mol. The molecule has 10 heteroatoms. The molecule has 0 aliphatic rings. The molecule has 1 N–H and O–H groups in total. The number of carbonyl (C=O) groups excluding carboxylic acids is 1. The lowest BCUT2D eigenvalue weighted by Gasteiger charge is -2.07. The second-order valence-electron chi connectivity index (χ2n) is 5.25. The molecule has 0 atom stereocenters. The van der Waals surface area contributed by atoms with Gasteiger partial charge in [-0.25, -0.2) is 9.67 Å². The minimum Gasteiger partial charge on any atom is -0.296 e. The molecule has 0 radical (unpaired) electrons. The van der Waals surface area contributed by atoms with E-state index in [1.807, 2.05) is 0 Å². The van der Waals surface area contributed by atoms with Crippen LogP contribution in [-0.4, -0.2) is 20.7 Å². The van der Waals surface area contributed by atoms with Gasteiger partial charge in [0.05, 0.1) is 11.3 Å². The van der Waals surface area contributed by atoms with Crippen LogP contribution in [0.25, 0.3) is 11.3 Å². The lowest BCUT2D eigenvalue weighted by molar-refractivity contribution is -0.137. The van der Waals surface area contributed by atoms with Gasteiger partial charge in [0.1, 0.15) is 5.69 Å². The molecule has 0 fully saturated rings. The number of aromatic nitrogens is 3. The summed E-state index contributed by atoms with van der Waals surface area (Å²) < 4.78 is 39.4. The molecule has 0 aliphatic heterocycles. The van der Waals surface area contributed by atoms with Crippen LogP contribution in [0.15, 0.2) is 46.6 Å². The minimum atomic E-state index is -4.45. The number of hydrogen-bond donors (Lipinski definition) is 1. The molecule has 0 spiro atoms. The fourth-order valence-corrected chi connectivity index (χ4v) is 2.82. The standard InChI is InChI=1S/C16H11F3N4O2S/c1-23-13(24)6-5-11(22-23)14(25)21-15-20-12(8-26-15)9-3-2-4-10(7-9)16(17,18)19/h2-8H,1H3,(H,20,21,25). The van der Waals surface area contributed by atoms with Gasteiger partial charge in [-0.3, -0.25) is 14.9 Å². The van der Waals surface area contributed by atoms with Gasteiger partial charge in [0, 0.05) is 24.1 Å². The van der Waals surface area contributed by atoms with Gasteiger partial charge in [-0.05, 0) is 18.2 Å². The van der Waals surface area contributed by atoms with E-state index in [1.54, 1.807) is 5.38 Å². The van der Waals surface area contributed by atoms with E-state index in [2.05, 4.69) is 15.4 Å². The molecule has 0 saturated carbocycles. The Morgan fingerprint density at radius 3 is 2.69 bits per heavy atom. The molecule has 3 aromatic rings. The van der Waals surface area contributed by atoms with E-state index in [1.165, 1.54) is 31.3 Å². The van der Waals surface area contributed by atoms with Crippen molar-refractivity contribution in [2.45, 2.75) is 6.18 Å². The van der Waals surface area contributed by atoms with Gasteiger partial charge >= 0.3 is 6.18 Å². The molecule has 3 rings (SSSR count). The Labute approximate surface area is 148 Å². The summed E-state index contributed by atoms with van der Waals surface area (Å²) in [5, 5.41) is 8.07. The molecule has 6 nitrogen and oxygen atoms in total. The first-order valence-corrected chi connectivity index (χ1v) is 8.11. The smallest absolute Gasteiger partial charge is 0.296 e. The number of alkyl halides is 3. The summed E-state index contributed by atoms with van der Waals surface area (Å²) in [5.41, 5.74) is -0.518. The van der Waals surface area contributed by atoms with E-state index in [-0.39, 0.29) is 21.9 Å². The van der Waals surface area contributed by atoms with Gasteiger partial charge in [-0.1, -0.05) is 12.1 Å². The van der Waals surface area contributed by atoms with Gasteiger partial charge in [-0.2, -0.15) is 18.3 Å². The molecule has 0 bridgehead atoms. The van der Waals surface area contributed by atoms with Crippen LogP contribution in [-0.2, 0) is 13.2 Å². The number of nitrogens with one attached hydrogen (secondary N) is 1. The fourth-order valence-electron chi connectivity index (χ4n) is 2.10. The van der Waals surface area contributed by atoms with Gasteiger partial charge < -0.3 is 0 Å². The maximum atomic E-state index is 12.8. The second kappa shape index (κ2) is 6.71. The number of thiazole rings is 1. The maximum absolute atomic E-state index is 12.8. The lowest BCUT2D eigenvalue weighted by Crippen LogP contribution is -2.23. The predicted molar refractivity (Wildman–Crippen MR) is 90.0 cm³/mol. The van der Waals surface area contributed by atoms with Crippen molar-refractivity contribution in [2.24, 2.45) is 7.05 Å². The van der Waals surface area contributed by atoms with E-state index in [0.717, 1.165) is 28.2 Å². The zero-order chi connectivity index (χ0) is 18.9. The Kier molecular flexibility index (Phi) is 4.60. The van der Waals surface area contributed by atoms with Crippen molar-refractivity contribution in [3.8, 4) is 11.3 Å². The highest BCUT2D eigenvalue weighted by molar-refractivity contribution is 7.14. The Morgan fingerprint density at radius 1 is 1.23 bits per heavy atom. The van der Waals surface area contributed by atoms with E-state index < -0.39 is 17.6 Å². The summed E-state index contributed by atoms with van der Waals surface area (Å²) in [4.78, 5) is 27.6. The van der Waals surface area contributed by atoms with Crippen LogP contribution in [0, 0.1) is 0 Å². The lowest BCUT2D eigenvalue weighted by atomic mass is 10.1. The number of nitrogens with zero attached hydrogens (tertiary/aromatic N) is 3. The number of amides is 1.